The Morgan fingerprint density at radius 3 is 2.43 bits per heavy atom. The molecule has 0 bridgehead atoms. The summed E-state index contributed by atoms with van der Waals surface area (Å²) >= 11 is 0. The molecule has 0 saturated heterocycles. The predicted molar refractivity (Wildman–Crippen MR) is 84.8 cm³/mol. The summed E-state index contributed by atoms with van der Waals surface area (Å²) in [5.41, 5.74) is 4.50. The second-order valence-electron chi connectivity index (χ2n) is 6.44. The number of anilines is 1. The SMILES string of the molecule is CC(C)(C)[Si](C)(C)OCCOCn1c(N)cc(=O)[nH]c1=O. The van der Waals surface area contributed by atoms with Gasteiger partial charge >= 0.3 is 5.69 Å². The van der Waals surface area contributed by atoms with Crippen LogP contribution in [0.2, 0.25) is 18.1 Å². The molecule has 0 unspecified atom stereocenters. The average Bonchev–Trinajstić information content (AvgIpc) is 2.29. The Kier molecular flexibility index (Phi) is 5.54. The van der Waals surface area contributed by atoms with E-state index in [1.54, 1.807) is 0 Å². The van der Waals surface area contributed by atoms with Crippen molar-refractivity contribution in [3.05, 3.63) is 26.9 Å². The Balaban J connectivity index is 2.46. The normalized spacial score (nSPS) is 12.6. The van der Waals surface area contributed by atoms with Crippen molar-refractivity contribution in [2.45, 2.75) is 45.6 Å². The molecule has 0 spiro atoms. The Labute approximate surface area is 125 Å². The molecule has 120 valence electrons. The van der Waals surface area contributed by atoms with Gasteiger partial charge in [0, 0.05) is 6.07 Å². The van der Waals surface area contributed by atoms with Crippen LogP contribution in [0.25, 0.3) is 0 Å². The van der Waals surface area contributed by atoms with Gasteiger partial charge in [-0.05, 0) is 18.1 Å². The summed E-state index contributed by atoms with van der Waals surface area (Å²) in [7, 11) is -1.78. The number of ether oxygens (including phenoxy) is 1. The number of nitrogens with two attached hydrogens (primary N) is 1. The zero-order valence-electron chi connectivity index (χ0n) is 13.4. The first-order chi connectivity index (χ1) is 9.54. The van der Waals surface area contributed by atoms with Gasteiger partial charge in [-0.3, -0.25) is 14.3 Å². The monoisotopic (exact) mass is 315 g/mol. The highest BCUT2D eigenvalue weighted by Crippen LogP contribution is 2.36. The van der Waals surface area contributed by atoms with Gasteiger partial charge in [0.2, 0.25) is 0 Å². The van der Waals surface area contributed by atoms with Crippen molar-refractivity contribution in [1.82, 2.24) is 9.55 Å². The second kappa shape index (κ2) is 6.59. The van der Waals surface area contributed by atoms with Crippen LogP contribution < -0.4 is 17.0 Å². The topological polar surface area (TPSA) is 99.3 Å². The van der Waals surface area contributed by atoms with Crippen LogP contribution >= 0.6 is 0 Å². The first kappa shape index (κ1) is 17.7. The van der Waals surface area contributed by atoms with Gasteiger partial charge in [-0.25, -0.2) is 4.79 Å². The minimum atomic E-state index is -1.78. The van der Waals surface area contributed by atoms with E-state index >= 15 is 0 Å². The van der Waals surface area contributed by atoms with E-state index in [1.807, 2.05) is 0 Å². The van der Waals surface area contributed by atoms with Gasteiger partial charge in [-0.1, -0.05) is 20.8 Å². The van der Waals surface area contributed by atoms with E-state index in [0.29, 0.717) is 13.2 Å². The number of H-pyrrole nitrogens is 1. The predicted octanol–water partition coefficient (Wildman–Crippen LogP) is 1.11. The van der Waals surface area contributed by atoms with E-state index in [0.717, 1.165) is 10.6 Å². The van der Waals surface area contributed by atoms with E-state index in [4.69, 9.17) is 14.9 Å². The number of nitrogens with one attached hydrogen (secondary N) is 1. The molecule has 8 heteroatoms. The highest BCUT2D eigenvalue weighted by atomic mass is 28.4. The molecule has 0 aliphatic carbocycles. The van der Waals surface area contributed by atoms with Crippen molar-refractivity contribution in [2.24, 2.45) is 0 Å². The van der Waals surface area contributed by atoms with Crippen LogP contribution in [0, 0.1) is 0 Å². The number of nitrogen functional groups attached to an aromatic ring is 1. The number of aromatic nitrogens is 2. The first-order valence-electron chi connectivity index (χ1n) is 6.86. The maximum atomic E-state index is 11.5. The van der Waals surface area contributed by atoms with Crippen molar-refractivity contribution in [2.75, 3.05) is 18.9 Å². The Bertz CT molecular complexity index is 586. The quantitative estimate of drug-likeness (QED) is 0.605. The van der Waals surface area contributed by atoms with Crippen molar-refractivity contribution in [1.29, 1.82) is 0 Å². The maximum absolute atomic E-state index is 11.5. The van der Waals surface area contributed by atoms with Gasteiger partial charge in [0.15, 0.2) is 8.32 Å². The molecule has 0 saturated carbocycles. The molecular formula is C13H25N3O4Si. The molecule has 0 fully saturated rings. The zero-order valence-corrected chi connectivity index (χ0v) is 14.4. The molecule has 0 aromatic carbocycles. The lowest BCUT2D eigenvalue weighted by molar-refractivity contribution is 0.0494. The molecule has 21 heavy (non-hydrogen) atoms. The molecule has 0 radical (unpaired) electrons. The Morgan fingerprint density at radius 2 is 1.90 bits per heavy atom. The fourth-order valence-corrected chi connectivity index (χ4v) is 2.43. The average molecular weight is 315 g/mol. The van der Waals surface area contributed by atoms with Crippen LogP contribution in [0.5, 0.6) is 0 Å². The molecule has 1 heterocycles. The first-order valence-corrected chi connectivity index (χ1v) is 9.77. The van der Waals surface area contributed by atoms with Crippen LogP contribution in [0.15, 0.2) is 15.7 Å². The third kappa shape index (κ3) is 4.83. The number of nitrogens with zero attached hydrogens (tertiary/aromatic N) is 1. The van der Waals surface area contributed by atoms with Gasteiger partial charge in [0.25, 0.3) is 5.56 Å². The lowest BCUT2D eigenvalue weighted by Gasteiger charge is -2.36. The third-order valence-electron chi connectivity index (χ3n) is 3.78. The molecule has 1 aromatic rings. The van der Waals surface area contributed by atoms with E-state index in [1.165, 1.54) is 0 Å². The van der Waals surface area contributed by atoms with E-state index in [2.05, 4.69) is 38.8 Å². The molecule has 0 atom stereocenters. The highest BCUT2D eigenvalue weighted by Gasteiger charge is 2.36. The number of hydrogen-bond donors (Lipinski definition) is 2. The number of rotatable bonds is 6. The number of aromatic amines is 1. The summed E-state index contributed by atoms with van der Waals surface area (Å²) in [6, 6.07) is 1.15. The second-order valence-corrected chi connectivity index (χ2v) is 11.2. The summed E-state index contributed by atoms with van der Waals surface area (Å²) in [5, 5.41) is 0.146. The summed E-state index contributed by atoms with van der Waals surface area (Å²) in [5.74, 6) is 0.0778. The molecule has 0 amide bonds. The van der Waals surface area contributed by atoms with Crippen molar-refractivity contribution in [3.8, 4) is 0 Å². The summed E-state index contributed by atoms with van der Waals surface area (Å²) < 4.78 is 12.5. The van der Waals surface area contributed by atoms with Gasteiger partial charge in [-0.2, -0.15) is 0 Å². The Morgan fingerprint density at radius 1 is 1.29 bits per heavy atom. The highest BCUT2D eigenvalue weighted by molar-refractivity contribution is 6.74. The van der Waals surface area contributed by atoms with E-state index < -0.39 is 19.6 Å². The van der Waals surface area contributed by atoms with Gasteiger partial charge in [0.1, 0.15) is 12.5 Å². The van der Waals surface area contributed by atoms with Crippen molar-refractivity contribution >= 4 is 14.1 Å². The van der Waals surface area contributed by atoms with E-state index in [-0.39, 0.29) is 17.6 Å². The summed E-state index contributed by atoms with van der Waals surface area (Å²) in [6.45, 7) is 11.6. The fourth-order valence-electron chi connectivity index (χ4n) is 1.40. The molecule has 1 rings (SSSR count). The number of hydrogen-bond acceptors (Lipinski definition) is 5. The smallest absolute Gasteiger partial charge is 0.331 e. The largest absolute Gasteiger partial charge is 0.414 e. The third-order valence-corrected chi connectivity index (χ3v) is 8.32. The van der Waals surface area contributed by atoms with Crippen LogP contribution in [-0.2, 0) is 15.9 Å². The molecule has 7 nitrogen and oxygen atoms in total. The van der Waals surface area contributed by atoms with E-state index in [9.17, 15) is 9.59 Å². The summed E-state index contributed by atoms with van der Waals surface area (Å²) in [6.07, 6.45) is 0. The van der Waals surface area contributed by atoms with Crippen LogP contribution in [0.3, 0.4) is 0 Å². The van der Waals surface area contributed by atoms with Crippen LogP contribution in [0.4, 0.5) is 5.82 Å². The lowest BCUT2D eigenvalue weighted by atomic mass is 10.2. The molecular weight excluding hydrogens is 290 g/mol. The van der Waals surface area contributed by atoms with Crippen LogP contribution in [0.1, 0.15) is 20.8 Å². The van der Waals surface area contributed by atoms with Crippen molar-refractivity contribution < 1.29 is 9.16 Å². The van der Waals surface area contributed by atoms with Gasteiger partial charge in [-0.15, -0.1) is 0 Å². The van der Waals surface area contributed by atoms with Gasteiger partial charge < -0.3 is 14.9 Å². The standard InChI is InChI=1S/C13H25N3O4Si/c1-13(2,3)21(4,5)20-7-6-19-9-16-10(14)8-11(17)15-12(16)18/h8H,6-7,9,14H2,1-5H3,(H,15,17,18). The minimum absolute atomic E-state index is 0.0116. The fraction of sp³-hybridized carbons (Fsp3) is 0.692. The Hall–Kier alpha value is -1.38. The summed E-state index contributed by atoms with van der Waals surface area (Å²) in [4.78, 5) is 24.7. The maximum Gasteiger partial charge on any atom is 0.331 e. The van der Waals surface area contributed by atoms with Crippen LogP contribution in [-0.4, -0.2) is 31.1 Å². The van der Waals surface area contributed by atoms with Gasteiger partial charge in [0.05, 0.1) is 13.2 Å². The molecule has 3 N–H and O–H groups in total. The zero-order chi connectivity index (χ0) is 16.3. The molecule has 1 aromatic heterocycles. The molecule has 0 aliphatic rings. The molecule has 0 aliphatic heterocycles. The lowest BCUT2D eigenvalue weighted by Crippen LogP contribution is -2.41. The minimum Gasteiger partial charge on any atom is -0.414 e. The van der Waals surface area contributed by atoms with Crippen molar-refractivity contribution in [3.63, 3.8) is 0 Å².